The zero-order valence-electron chi connectivity index (χ0n) is 23.9. The zero-order valence-corrected chi connectivity index (χ0v) is 24.8. The Labute approximate surface area is 239 Å². The van der Waals surface area contributed by atoms with E-state index in [1.54, 1.807) is 0 Å². The van der Waals surface area contributed by atoms with Gasteiger partial charge in [-0.05, 0) is 61.3 Å². The molecule has 3 aromatic rings. The van der Waals surface area contributed by atoms with E-state index in [0.29, 0.717) is 12.5 Å². The molecule has 1 heterocycles. The number of anilines is 1. The van der Waals surface area contributed by atoms with Gasteiger partial charge in [0.1, 0.15) is 6.04 Å². The number of rotatable bonds is 10. The van der Waals surface area contributed by atoms with Gasteiger partial charge in [0.05, 0.1) is 11.8 Å². The summed E-state index contributed by atoms with van der Waals surface area (Å²) in [6, 6.07) is 23.6. The first kappa shape index (κ1) is 28.5. The van der Waals surface area contributed by atoms with Gasteiger partial charge in [-0.1, -0.05) is 99.0 Å². The Bertz CT molecular complexity index is 1330. The van der Waals surface area contributed by atoms with E-state index in [9.17, 15) is 9.59 Å². The summed E-state index contributed by atoms with van der Waals surface area (Å²) in [7, 11) is -1.10. The van der Waals surface area contributed by atoms with Gasteiger partial charge in [-0.2, -0.15) is 0 Å². The third-order valence-electron chi connectivity index (χ3n) is 8.21. The lowest BCUT2D eigenvalue weighted by Crippen LogP contribution is -2.48. The Kier molecular flexibility index (Phi) is 9.03. The van der Waals surface area contributed by atoms with Crippen molar-refractivity contribution in [3.05, 3.63) is 89.5 Å². The first-order chi connectivity index (χ1) is 19.4. The van der Waals surface area contributed by atoms with Crippen molar-refractivity contribution in [3.8, 4) is 11.1 Å². The smallest absolute Gasteiger partial charge is 0.251 e. The highest BCUT2D eigenvalue weighted by molar-refractivity contribution is 7.54. The van der Waals surface area contributed by atoms with Crippen LogP contribution in [0.1, 0.15) is 75.1 Å². The molecule has 1 aliphatic heterocycles. The van der Waals surface area contributed by atoms with Gasteiger partial charge in [-0.25, -0.2) is 0 Å². The molecule has 40 heavy (non-hydrogen) atoms. The molecule has 6 heteroatoms. The van der Waals surface area contributed by atoms with Crippen LogP contribution in [-0.2, 0) is 20.3 Å². The SMILES string of the molecule is Cc1ccc2c(c1)-c1ccccc1NC(=O)C2NC(=O)C1(P(Cc2ccccc2)OCCCC(C)C)CCCC1. The summed E-state index contributed by atoms with van der Waals surface area (Å²) in [5.74, 6) is 0.365. The van der Waals surface area contributed by atoms with Gasteiger partial charge < -0.3 is 15.2 Å². The number of carbonyl (C=O) groups is 2. The molecule has 0 aromatic heterocycles. The fourth-order valence-corrected chi connectivity index (χ4v) is 8.66. The number of amides is 2. The van der Waals surface area contributed by atoms with E-state index in [0.717, 1.165) is 72.6 Å². The summed E-state index contributed by atoms with van der Waals surface area (Å²) in [5, 5.41) is 5.73. The van der Waals surface area contributed by atoms with Crippen molar-refractivity contribution in [2.24, 2.45) is 5.92 Å². The van der Waals surface area contributed by atoms with E-state index in [2.05, 4.69) is 61.7 Å². The number of hydrogen-bond acceptors (Lipinski definition) is 3. The van der Waals surface area contributed by atoms with Gasteiger partial charge in [-0.15, -0.1) is 0 Å². The predicted molar refractivity (Wildman–Crippen MR) is 164 cm³/mol. The third-order valence-corrected chi connectivity index (χ3v) is 11.0. The summed E-state index contributed by atoms with van der Waals surface area (Å²) in [6.07, 6.45) is 6.39. The largest absolute Gasteiger partial charge is 0.358 e. The van der Waals surface area contributed by atoms with Crippen LogP contribution in [0.25, 0.3) is 11.1 Å². The van der Waals surface area contributed by atoms with Crippen LogP contribution < -0.4 is 10.6 Å². The van der Waals surface area contributed by atoms with Crippen LogP contribution in [0.4, 0.5) is 5.69 Å². The third kappa shape index (κ3) is 6.16. The fourth-order valence-electron chi connectivity index (χ4n) is 6.02. The highest BCUT2D eigenvalue weighted by Gasteiger charge is 2.50. The maximum absolute atomic E-state index is 14.5. The Morgan fingerprint density at radius 1 is 1.02 bits per heavy atom. The van der Waals surface area contributed by atoms with E-state index in [1.807, 2.05) is 42.5 Å². The van der Waals surface area contributed by atoms with Gasteiger partial charge in [0, 0.05) is 25.6 Å². The van der Waals surface area contributed by atoms with Gasteiger partial charge in [0.15, 0.2) is 0 Å². The van der Waals surface area contributed by atoms with Crippen LogP contribution in [0.15, 0.2) is 72.8 Å². The van der Waals surface area contributed by atoms with Crippen molar-refractivity contribution >= 4 is 25.7 Å². The summed E-state index contributed by atoms with van der Waals surface area (Å²) < 4.78 is 6.68. The molecule has 0 radical (unpaired) electrons. The Balaban J connectivity index is 1.46. The van der Waals surface area contributed by atoms with Crippen LogP contribution in [0, 0.1) is 12.8 Å². The number of benzene rings is 3. The van der Waals surface area contributed by atoms with Crippen molar-refractivity contribution in [3.63, 3.8) is 0 Å². The van der Waals surface area contributed by atoms with Crippen LogP contribution in [0.2, 0.25) is 0 Å². The Hall–Kier alpha value is -3.01. The number of fused-ring (bicyclic) bond motifs is 3. The molecule has 2 amide bonds. The molecule has 2 unspecified atom stereocenters. The molecule has 3 aromatic carbocycles. The molecule has 0 bridgehead atoms. The fraction of sp³-hybridized carbons (Fsp3) is 0.412. The zero-order chi connectivity index (χ0) is 28.1. The Morgan fingerprint density at radius 3 is 2.50 bits per heavy atom. The predicted octanol–water partition coefficient (Wildman–Crippen LogP) is 8.13. The second-order valence-corrected chi connectivity index (χ2v) is 13.8. The summed E-state index contributed by atoms with van der Waals surface area (Å²) in [5.41, 5.74) is 5.87. The standard InChI is InChI=1S/C34H41N2O3P/c1-24(2)12-11-21-39-40(23-26-13-5-4-6-14-26)34(19-9-10-20-34)33(38)36-31-28-18-17-25(3)22-29(28)27-15-7-8-16-30(27)35-32(31)37/h4-8,13-18,22,24,31H,9-12,19-21,23H2,1-3H3,(H,35,37)(H,36,38). The summed E-state index contributed by atoms with van der Waals surface area (Å²) in [4.78, 5) is 28.1. The van der Waals surface area contributed by atoms with E-state index in [-0.39, 0.29) is 11.8 Å². The van der Waals surface area contributed by atoms with Gasteiger partial charge in [0.25, 0.3) is 5.91 Å². The lowest BCUT2D eigenvalue weighted by Gasteiger charge is -2.37. The minimum atomic E-state index is -1.10. The molecule has 2 N–H and O–H groups in total. The quantitative estimate of drug-likeness (QED) is 0.196. The summed E-state index contributed by atoms with van der Waals surface area (Å²) >= 11 is 0. The van der Waals surface area contributed by atoms with Crippen molar-refractivity contribution in [2.75, 3.05) is 11.9 Å². The number of hydrogen-bond donors (Lipinski definition) is 2. The number of carbonyl (C=O) groups excluding carboxylic acids is 2. The first-order valence-corrected chi connectivity index (χ1v) is 16.1. The van der Waals surface area contributed by atoms with Crippen LogP contribution in [-0.4, -0.2) is 23.6 Å². The van der Waals surface area contributed by atoms with E-state index >= 15 is 0 Å². The minimum Gasteiger partial charge on any atom is -0.358 e. The number of para-hydroxylation sites is 1. The highest BCUT2D eigenvalue weighted by atomic mass is 31.1. The average Bonchev–Trinajstić information content (AvgIpc) is 3.42. The average molecular weight is 557 g/mol. The van der Waals surface area contributed by atoms with Gasteiger partial charge >= 0.3 is 0 Å². The topological polar surface area (TPSA) is 67.4 Å². The maximum Gasteiger partial charge on any atom is 0.251 e. The molecule has 0 saturated heterocycles. The van der Waals surface area contributed by atoms with Gasteiger partial charge in [0.2, 0.25) is 5.91 Å². The van der Waals surface area contributed by atoms with Gasteiger partial charge in [-0.3, -0.25) is 9.59 Å². The lowest BCUT2D eigenvalue weighted by molar-refractivity contribution is -0.128. The van der Waals surface area contributed by atoms with Crippen molar-refractivity contribution in [1.82, 2.24) is 5.32 Å². The second kappa shape index (κ2) is 12.7. The van der Waals surface area contributed by atoms with Crippen LogP contribution in [0.3, 0.4) is 0 Å². The molecule has 1 aliphatic carbocycles. The van der Waals surface area contributed by atoms with Crippen LogP contribution >= 0.6 is 8.15 Å². The van der Waals surface area contributed by atoms with E-state index in [4.69, 9.17) is 4.52 Å². The molecule has 5 rings (SSSR count). The number of nitrogens with one attached hydrogen (secondary N) is 2. The number of aryl methyl sites for hydroxylation is 1. The normalized spacial score (nSPS) is 18.4. The van der Waals surface area contributed by atoms with Crippen molar-refractivity contribution in [1.29, 1.82) is 0 Å². The molecule has 5 nitrogen and oxygen atoms in total. The van der Waals surface area contributed by atoms with E-state index in [1.165, 1.54) is 5.56 Å². The molecule has 210 valence electrons. The Morgan fingerprint density at radius 2 is 1.75 bits per heavy atom. The lowest BCUT2D eigenvalue weighted by atomic mass is 9.93. The molecule has 1 saturated carbocycles. The second-order valence-electron chi connectivity index (χ2n) is 11.7. The minimum absolute atomic E-state index is 0.0477. The first-order valence-electron chi connectivity index (χ1n) is 14.6. The maximum atomic E-state index is 14.5. The highest BCUT2D eigenvalue weighted by Crippen LogP contribution is 2.61. The van der Waals surface area contributed by atoms with E-state index < -0.39 is 19.3 Å². The molecular weight excluding hydrogens is 515 g/mol. The summed E-state index contributed by atoms with van der Waals surface area (Å²) in [6.45, 7) is 7.17. The molecule has 2 aliphatic rings. The van der Waals surface area contributed by atoms with Crippen LogP contribution in [0.5, 0.6) is 0 Å². The van der Waals surface area contributed by atoms with Crippen molar-refractivity contribution < 1.29 is 14.1 Å². The molecule has 2 atom stereocenters. The molecule has 0 spiro atoms. The van der Waals surface area contributed by atoms with Crippen molar-refractivity contribution in [2.45, 2.75) is 76.7 Å². The monoisotopic (exact) mass is 556 g/mol. The molecule has 1 fully saturated rings. The molecular formula is C34H41N2O3P.